The van der Waals surface area contributed by atoms with Crippen LogP contribution in [0.4, 0.5) is 0 Å². The minimum absolute atomic E-state index is 0.621. The number of fused-ring (bicyclic) bond motifs is 1. The molecule has 0 bridgehead atoms. The Morgan fingerprint density at radius 1 is 1.59 bits per heavy atom. The molecule has 0 fully saturated rings. The fourth-order valence-corrected chi connectivity index (χ4v) is 2.29. The Balaban J connectivity index is 2.33. The number of hydrogen-bond donors (Lipinski definition) is 1. The van der Waals surface area contributed by atoms with Crippen LogP contribution in [0, 0.1) is 0 Å². The zero-order valence-corrected chi connectivity index (χ0v) is 10.0. The minimum Gasteiger partial charge on any atom is -0.494 e. The first kappa shape index (κ1) is 11.6. The first-order valence-electron chi connectivity index (χ1n) is 5.13. The van der Waals surface area contributed by atoms with Gasteiger partial charge in [0.05, 0.1) is 16.8 Å². The van der Waals surface area contributed by atoms with Crippen LogP contribution in [0.25, 0.3) is 16.3 Å². The average Bonchev–Trinajstić information content (AvgIpc) is 2.69. The van der Waals surface area contributed by atoms with Crippen LogP contribution in [0.3, 0.4) is 0 Å². The summed E-state index contributed by atoms with van der Waals surface area (Å²) in [6.45, 7) is 2.55. The Morgan fingerprint density at radius 2 is 2.41 bits per heavy atom. The molecule has 0 spiro atoms. The smallest absolute Gasteiger partial charge is 0.328 e. The maximum absolute atomic E-state index is 10.4. The van der Waals surface area contributed by atoms with E-state index in [9.17, 15) is 4.79 Å². The first-order valence-corrected chi connectivity index (χ1v) is 5.95. The predicted octanol–water partition coefficient (Wildman–Crippen LogP) is 2.79. The summed E-state index contributed by atoms with van der Waals surface area (Å²) in [6, 6.07) is 5.64. The van der Waals surface area contributed by atoms with E-state index in [-0.39, 0.29) is 0 Å². The second-order valence-corrected chi connectivity index (χ2v) is 4.35. The number of carboxylic acids is 1. The highest BCUT2D eigenvalue weighted by molar-refractivity contribution is 7.19. The molecule has 0 aliphatic carbocycles. The normalized spacial score (nSPS) is 11.1. The molecule has 0 radical (unpaired) electrons. The van der Waals surface area contributed by atoms with Crippen LogP contribution in [0.1, 0.15) is 11.9 Å². The van der Waals surface area contributed by atoms with Crippen LogP contribution < -0.4 is 4.74 Å². The van der Waals surface area contributed by atoms with Gasteiger partial charge in [0.25, 0.3) is 0 Å². The van der Waals surface area contributed by atoms with Gasteiger partial charge in [0, 0.05) is 6.08 Å². The van der Waals surface area contributed by atoms with Crippen molar-refractivity contribution in [3.05, 3.63) is 29.3 Å². The Bertz CT molecular complexity index is 574. The summed E-state index contributed by atoms with van der Waals surface area (Å²) in [5, 5.41) is 9.21. The summed E-state index contributed by atoms with van der Waals surface area (Å²) < 4.78 is 6.38. The van der Waals surface area contributed by atoms with E-state index in [1.807, 2.05) is 25.1 Å². The van der Waals surface area contributed by atoms with Gasteiger partial charge in [-0.25, -0.2) is 9.78 Å². The zero-order valence-electron chi connectivity index (χ0n) is 9.21. The number of aliphatic carboxylic acids is 1. The van der Waals surface area contributed by atoms with Gasteiger partial charge in [0.1, 0.15) is 10.8 Å². The fraction of sp³-hybridized carbons (Fsp3) is 0.167. The van der Waals surface area contributed by atoms with Crippen LogP contribution in [0.5, 0.6) is 5.75 Å². The molecule has 88 valence electrons. The van der Waals surface area contributed by atoms with Crippen molar-refractivity contribution in [2.75, 3.05) is 6.61 Å². The highest BCUT2D eigenvalue weighted by Crippen LogP contribution is 2.27. The molecule has 1 aromatic heterocycles. The molecule has 1 N–H and O–H groups in total. The first-order chi connectivity index (χ1) is 8.19. The van der Waals surface area contributed by atoms with Gasteiger partial charge in [-0.1, -0.05) is 0 Å². The lowest BCUT2D eigenvalue weighted by Crippen LogP contribution is -1.89. The van der Waals surface area contributed by atoms with Crippen LogP contribution in [0.15, 0.2) is 24.3 Å². The molecule has 0 amide bonds. The molecule has 0 aliphatic heterocycles. The van der Waals surface area contributed by atoms with E-state index in [4.69, 9.17) is 9.84 Å². The third kappa shape index (κ3) is 2.82. The molecule has 2 aromatic rings. The predicted molar refractivity (Wildman–Crippen MR) is 67.5 cm³/mol. The van der Waals surface area contributed by atoms with Gasteiger partial charge in [0.15, 0.2) is 0 Å². The van der Waals surface area contributed by atoms with E-state index in [1.165, 1.54) is 17.4 Å². The Morgan fingerprint density at radius 3 is 3.12 bits per heavy atom. The van der Waals surface area contributed by atoms with Gasteiger partial charge in [-0.3, -0.25) is 0 Å². The maximum Gasteiger partial charge on any atom is 0.328 e. The maximum atomic E-state index is 10.4. The van der Waals surface area contributed by atoms with E-state index in [0.717, 1.165) is 22.0 Å². The minimum atomic E-state index is -0.973. The van der Waals surface area contributed by atoms with Crippen molar-refractivity contribution >= 4 is 33.6 Å². The lowest BCUT2D eigenvalue weighted by molar-refractivity contribution is -0.131. The van der Waals surface area contributed by atoms with Crippen LogP contribution in [-0.2, 0) is 4.79 Å². The molecule has 0 atom stereocenters. The van der Waals surface area contributed by atoms with Crippen LogP contribution in [-0.4, -0.2) is 22.7 Å². The second kappa shape index (κ2) is 4.97. The number of rotatable bonds is 4. The number of aromatic nitrogens is 1. The number of thiazole rings is 1. The molecule has 0 saturated heterocycles. The zero-order chi connectivity index (χ0) is 12.3. The van der Waals surface area contributed by atoms with Gasteiger partial charge < -0.3 is 9.84 Å². The summed E-state index contributed by atoms with van der Waals surface area (Å²) in [5.41, 5.74) is 0.850. The third-order valence-electron chi connectivity index (χ3n) is 2.06. The number of benzene rings is 1. The monoisotopic (exact) mass is 249 g/mol. The van der Waals surface area contributed by atoms with Crippen LogP contribution >= 0.6 is 11.3 Å². The largest absolute Gasteiger partial charge is 0.494 e. The van der Waals surface area contributed by atoms with Crippen molar-refractivity contribution in [2.45, 2.75) is 6.92 Å². The van der Waals surface area contributed by atoms with Crippen molar-refractivity contribution in [1.82, 2.24) is 4.98 Å². The molecular weight excluding hydrogens is 238 g/mol. The lowest BCUT2D eigenvalue weighted by Gasteiger charge is -2.00. The van der Waals surface area contributed by atoms with E-state index >= 15 is 0 Å². The summed E-state index contributed by atoms with van der Waals surface area (Å²) in [4.78, 5) is 14.7. The van der Waals surface area contributed by atoms with Gasteiger partial charge in [-0.2, -0.15) is 0 Å². The quantitative estimate of drug-likeness (QED) is 0.846. The van der Waals surface area contributed by atoms with Crippen molar-refractivity contribution in [1.29, 1.82) is 0 Å². The topological polar surface area (TPSA) is 59.4 Å². The Hall–Kier alpha value is -1.88. The summed E-state index contributed by atoms with van der Waals surface area (Å²) >= 11 is 1.44. The Labute approximate surface area is 102 Å². The number of hydrogen-bond acceptors (Lipinski definition) is 4. The Kier molecular flexibility index (Phi) is 3.39. The highest BCUT2D eigenvalue weighted by Gasteiger charge is 2.03. The lowest BCUT2D eigenvalue weighted by atomic mass is 10.3. The number of ether oxygens (including phenoxy) is 1. The third-order valence-corrected chi connectivity index (χ3v) is 3.04. The standard InChI is InChI=1S/C12H11NO3S/c1-2-16-8-3-4-9-10(7-8)17-11(13-9)5-6-12(14)15/h3-7H,2H2,1H3,(H,14,15). The number of carboxylic acid groups (broad SMARTS) is 1. The summed E-state index contributed by atoms with van der Waals surface area (Å²) in [6.07, 6.45) is 2.58. The summed E-state index contributed by atoms with van der Waals surface area (Å²) in [7, 11) is 0. The van der Waals surface area contributed by atoms with Gasteiger partial charge >= 0.3 is 5.97 Å². The molecule has 0 unspecified atom stereocenters. The van der Waals surface area contributed by atoms with Crippen molar-refractivity contribution in [3.8, 4) is 5.75 Å². The van der Waals surface area contributed by atoms with E-state index in [1.54, 1.807) is 0 Å². The van der Waals surface area contributed by atoms with E-state index in [2.05, 4.69) is 4.98 Å². The molecular formula is C12H11NO3S. The van der Waals surface area contributed by atoms with E-state index < -0.39 is 5.97 Å². The SMILES string of the molecule is CCOc1ccc2nc(C=CC(=O)O)sc2c1. The molecule has 4 nitrogen and oxygen atoms in total. The number of carbonyl (C=O) groups is 1. The molecule has 2 rings (SSSR count). The van der Waals surface area contributed by atoms with E-state index in [0.29, 0.717) is 11.6 Å². The molecule has 5 heteroatoms. The molecule has 1 heterocycles. The molecule has 0 aliphatic rings. The van der Waals surface area contributed by atoms with Crippen LogP contribution in [0.2, 0.25) is 0 Å². The van der Waals surface area contributed by atoms with Gasteiger partial charge in [-0.05, 0) is 31.2 Å². The molecule has 17 heavy (non-hydrogen) atoms. The average molecular weight is 249 g/mol. The molecule has 1 aromatic carbocycles. The van der Waals surface area contributed by atoms with Crippen molar-refractivity contribution < 1.29 is 14.6 Å². The van der Waals surface area contributed by atoms with Gasteiger partial charge in [-0.15, -0.1) is 11.3 Å². The van der Waals surface area contributed by atoms with Crippen molar-refractivity contribution in [3.63, 3.8) is 0 Å². The highest BCUT2D eigenvalue weighted by atomic mass is 32.1. The van der Waals surface area contributed by atoms with Crippen molar-refractivity contribution in [2.24, 2.45) is 0 Å². The van der Waals surface area contributed by atoms with Gasteiger partial charge in [0.2, 0.25) is 0 Å². The summed E-state index contributed by atoms with van der Waals surface area (Å²) in [5.74, 6) is -0.170. The molecule has 0 saturated carbocycles. The second-order valence-electron chi connectivity index (χ2n) is 3.29. The number of nitrogens with zero attached hydrogens (tertiary/aromatic N) is 1. The fourth-order valence-electron chi connectivity index (χ4n) is 1.39.